The van der Waals surface area contributed by atoms with Gasteiger partial charge in [0.15, 0.2) is 5.04 Å². The van der Waals surface area contributed by atoms with Crippen molar-refractivity contribution in [3.8, 4) is 5.88 Å². The van der Waals surface area contributed by atoms with Gasteiger partial charge in [-0.1, -0.05) is 11.8 Å². The summed E-state index contributed by atoms with van der Waals surface area (Å²) in [6.07, 6.45) is 4.88. The van der Waals surface area contributed by atoms with E-state index in [1.54, 1.807) is 6.20 Å². The minimum absolute atomic E-state index is 0.183. The monoisotopic (exact) mass is 506 g/mol. The highest BCUT2D eigenvalue weighted by Crippen LogP contribution is 2.35. The van der Waals surface area contributed by atoms with Crippen LogP contribution in [-0.4, -0.2) is 63.9 Å². The minimum atomic E-state index is -3.45. The normalized spacial score (nSPS) is 19.7. The summed E-state index contributed by atoms with van der Waals surface area (Å²) in [5.74, 6) is -0.0472. The Kier molecular flexibility index (Phi) is 7.33. The molecular weight excluding hydrogens is 480 g/mol. The zero-order chi connectivity index (χ0) is 24.3. The molecule has 182 valence electrons. The zero-order valence-electron chi connectivity index (χ0n) is 18.7. The van der Waals surface area contributed by atoms with Gasteiger partial charge in [-0.25, -0.2) is 13.4 Å². The second-order valence-electron chi connectivity index (χ2n) is 7.98. The average molecular weight is 507 g/mol. The van der Waals surface area contributed by atoms with Crippen LogP contribution in [0.5, 0.6) is 5.88 Å². The standard InChI is InChI=1S/C21H26N6O5S2/c1-3-32-18-11-22-9-16(25-18)17-10-24-21(33-17)20(29)26-19(12(2)28)15-8-13(6-7-23-15)27-34(30,31)14-4-5-14/h6-9,11-12,14,17,19,28H,3-5,10H2,1-2H3,(H,23,27)(H,26,29)/t12-,17?,19+/m1/s1. The van der Waals surface area contributed by atoms with Crippen LogP contribution >= 0.6 is 11.8 Å². The van der Waals surface area contributed by atoms with E-state index >= 15 is 0 Å². The van der Waals surface area contributed by atoms with Gasteiger partial charge in [0, 0.05) is 12.4 Å². The first-order valence-corrected chi connectivity index (χ1v) is 13.3. The minimum Gasteiger partial charge on any atom is -0.477 e. The summed E-state index contributed by atoms with van der Waals surface area (Å²) in [4.78, 5) is 30.0. The van der Waals surface area contributed by atoms with Gasteiger partial charge < -0.3 is 15.2 Å². The van der Waals surface area contributed by atoms with Crippen molar-refractivity contribution < 1.29 is 23.1 Å². The van der Waals surface area contributed by atoms with Crippen molar-refractivity contribution in [1.29, 1.82) is 0 Å². The highest BCUT2D eigenvalue weighted by molar-refractivity contribution is 8.16. The van der Waals surface area contributed by atoms with Gasteiger partial charge in [0.2, 0.25) is 15.9 Å². The molecule has 2 aromatic rings. The summed E-state index contributed by atoms with van der Waals surface area (Å²) in [6, 6.07) is 2.18. The van der Waals surface area contributed by atoms with E-state index in [-0.39, 0.29) is 15.5 Å². The lowest BCUT2D eigenvalue weighted by Gasteiger charge is -2.21. The van der Waals surface area contributed by atoms with E-state index in [2.05, 4.69) is 30.0 Å². The number of ether oxygens (including phenoxy) is 1. The predicted molar refractivity (Wildman–Crippen MR) is 128 cm³/mol. The van der Waals surface area contributed by atoms with Crippen LogP contribution in [0, 0.1) is 0 Å². The van der Waals surface area contributed by atoms with Crippen LogP contribution in [0.1, 0.15) is 49.4 Å². The Hall–Kier alpha value is -2.77. The van der Waals surface area contributed by atoms with E-state index in [4.69, 9.17) is 4.74 Å². The third kappa shape index (κ3) is 5.83. The largest absolute Gasteiger partial charge is 0.477 e. The van der Waals surface area contributed by atoms with E-state index in [0.717, 1.165) is 0 Å². The molecule has 0 saturated heterocycles. The fourth-order valence-corrected chi connectivity index (χ4v) is 5.69. The SMILES string of the molecule is CCOc1cncc(C2CN=C(C(=O)N[C@H](c3cc(NS(=O)(=O)C4CC4)ccn3)[C@@H](C)O)S2)n1. The van der Waals surface area contributed by atoms with Crippen LogP contribution in [0.4, 0.5) is 5.69 Å². The molecular formula is C21H26N6O5S2. The van der Waals surface area contributed by atoms with Crippen molar-refractivity contribution in [2.45, 2.75) is 49.3 Å². The summed E-state index contributed by atoms with van der Waals surface area (Å²) in [6.45, 7) is 4.20. The molecule has 0 spiro atoms. The molecule has 1 unspecified atom stereocenters. The van der Waals surface area contributed by atoms with Crippen molar-refractivity contribution in [3.63, 3.8) is 0 Å². The van der Waals surface area contributed by atoms with Gasteiger partial charge in [-0.2, -0.15) is 0 Å². The third-order valence-corrected chi connectivity index (χ3v) is 8.28. The van der Waals surface area contributed by atoms with Gasteiger partial charge in [0.1, 0.15) is 0 Å². The van der Waals surface area contributed by atoms with Crippen LogP contribution in [0.3, 0.4) is 0 Å². The number of carbonyl (C=O) groups excluding carboxylic acids is 1. The summed E-state index contributed by atoms with van der Waals surface area (Å²) in [5.41, 5.74) is 1.32. The fourth-order valence-electron chi connectivity index (χ4n) is 3.34. The maximum atomic E-state index is 12.9. The number of nitrogens with zero attached hydrogens (tertiary/aromatic N) is 4. The number of thioether (sulfide) groups is 1. The lowest BCUT2D eigenvalue weighted by molar-refractivity contribution is -0.116. The number of amides is 1. The number of aliphatic hydroxyl groups excluding tert-OH is 1. The van der Waals surface area contributed by atoms with Crippen molar-refractivity contribution in [2.24, 2.45) is 4.99 Å². The molecule has 11 nitrogen and oxygen atoms in total. The topological polar surface area (TPSA) is 156 Å². The number of hydrogen-bond donors (Lipinski definition) is 3. The molecule has 1 amide bonds. The first-order valence-electron chi connectivity index (χ1n) is 10.9. The average Bonchev–Trinajstić information content (AvgIpc) is 3.55. The molecule has 0 radical (unpaired) electrons. The number of carbonyl (C=O) groups is 1. The highest BCUT2D eigenvalue weighted by atomic mass is 32.2. The number of anilines is 1. The highest BCUT2D eigenvalue weighted by Gasteiger charge is 2.36. The molecule has 1 saturated carbocycles. The number of aliphatic imine (C=N–C) groups is 1. The number of aliphatic hydroxyl groups is 1. The Balaban J connectivity index is 1.43. The third-order valence-electron chi connectivity index (χ3n) is 5.19. The molecule has 0 aromatic carbocycles. The number of sulfonamides is 1. The van der Waals surface area contributed by atoms with E-state index < -0.39 is 28.1 Å². The molecule has 2 aromatic heterocycles. The summed E-state index contributed by atoms with van der Waals surface area (Å²) >= 11 is 1.25. The molecule has 34 heavy (non-hydrogen) atoms. The van der Waals surface area contributed by atoms with E-state index in [1.165, 1.54) is 43.2 Å². The van der Waals surface area contributed by atoms with Crippen LogP contribution < -0.4 is 14.8 Å². The number of aromatic nitrogens is 3. The number of hydrogen-bond acceptors (Lipinski definition) is 10. The Bertz CT molecular complexity index is 1190. The smallest absolute Gasteiger partial charge is 0.276 e. The van der Waals surface area contributed by atoms with Crippen molar-refractivity contribution in [1.82, 2.24) is 20.3 Å². The van der Waals surface area contributed by atoms with Crippen LogP contribution in [0.2, 0.25) is 0 Å². The molecule has 4 rings (SSSR count). The van der Waals surface area contributed by atoms with Crippen molar-refractivity contribution in [3.05, 3.63) is 42.1 Å². The predicted octanol–water partition coefficient (Wildman–Crippen LogP) is 1.60. The molecule has 2 aliphatic rings. The molecule has 3 N–H and O–H groups in total. The molecule has 1 aliphatic heterocycles. The number of rotatable bonds is 10. The fraction of sp³-hybridized carbons (Fsp3) is 0.476. The Morgan fingerprint density at radius 3 is 2.85 bits per heavy atom. The van der Waals surface area contributed by atoms with Gasteiger partial charge in [0.25, 0.3) is 5.91 Å². The second-order valence-corrected chi connectivity index (χ2v) is 11.1. The van der Waals surface area contributed by atoms with E-state index in [0.29, 0.717) is 48.9 Å². The zero-order valence-corrected chi connectivity index (χ0v) is 20.3. The first-order chi connectivity index (χ1) is 16.3. The molecule has 3 atom stereocenters. The van der Waals surface area contributed by atoms with Crippen molar-refractivity contribution in [2.75, 3.05) is 17.9 Å². The lowest BCUT2D eigenvalue weighted by Crippen LogP contribution is -2.38. The van der Waals surface area contributed by atoms with E-state index in [9.17, 15) is 18.3 Å². The summed E-state index contributed by atoms with van der Waals surface area (Å²) in [7, 11) is -3.45. The number of pyridine rings is 1. The first kappa shape index (κ1) is 24.4. The van der Waals surface area contributed by atoms with Gasteiger partial charge in [0.05, 0.1) is 59.1 Å². The Morgan fingerprint density at radius 1 is 1.35 bits per heavy atom. The van der Waals surface area contributed by atoms with Crippen LogP contribution in [-0.2, 0) is 14.8 Å². The molecule has 1 aliphatic carbocycles. The Labute approximate surface area is 201 Å². The van der Waals surface area contributed by atoms with Crippen molar-refractivity contribution >= 4 is 38.4 Å². The summed E-state index contributed by atoms with van der Waals surface area (Å²) in [5, 5.41) is 12.8. The maximum Gasteiger partial charge on any atom is 0.276 e. The van der Waals surface area contributed by atoms with Gasteiger partial charge >= 0.3 is 0 Å². The maximum absolute atomic E-state index is 12.9. The molecule has 13 heteroatoms. The second kappa shape index (κ2) is 10.2. The van der Waals surface area contributed by atoms with Gasteiger partial charge in [-0.05, 0) is 38.8 Å². The lowest BCUT2D eigenvalue weighted by atomic mass is 10.1. The van der Waals surface area contributed by atoms with Gasteiger partial charge in [-0.3, -0.25) is 24.5 Å². The number of nitrogens with one attached hydrogen (secondary N) is 2. The van der Waals surface area contributed by atoms with Crippen LogP contribution in [0.25, 0.3) is 0 Å². The molecule has 3 heterocycles. The van der Waals surface area contributed by atoms with E-state index in [1.807, 2.05) is 6.92 Å². The quantitative estimate of drug-likeness (QED) is 0.435. The van der Waals surface area contributed by atoms with Crippen LogP contribution in [0.15, 0.2) is 35.7 Å². The molecule has 0 bridgehead atoms. The van der Waals surface area contributed by atoms with Gasteiger partial charge in [-0.15, -0.1) is 0 Å². The molecule has 1 fully saturated rings. The Morgan fingerprint density at radius 2 is 2.15 bits per heavy atom. The summed E-state index contributed by atoms with van der Waals surface area (Å²) < 4.78 is 32.4.